The van der Waals surface area contributed by atoms with Gasteiger partial charge in [-0.15, -0.1) is 11.3 Å². The van der Waals surface area contributed by atoms with Gasteiger partial charge in [0.15, 0.2) is 0 Å². The number of anilines is 1. The van der Waals surface area contributed by atoms with Crippen LogP contribution in [0.3, 0.4) is 0 Å². The van der Waals surface area contributed by atoms with E-state index in [-0.39, 0.29) is 27.9 Å². The van der Waals surface area contributed by atoms with Crippen molar-refractivity contribution in [2.24, 2.45) is 0 Å². The van der Waals surface area contributed by atoms with Gasteiger partial charge in [-0.3, -0.25) is 9.10 Å². The molecule has 32 heavy (non-hydrogen) atoms. The van der Waals surface area contributed by atoms with Crippen LogP contribution in [0.2, 0.25) is 5.02 Å². The summed E-state index contributed by atoms with van der Waals surface area (Å²) < 4.78 is 28.5. The summed E-state index contributed by atoms with van der Waals surface area (Å²) >= 11 is 7.79. The minimum absolute atomic E-state index is 0.00927. The van der Waals surface area contributed by atoms with E-state index in [0.717, 1.165) is 15.2 Å². The quantitative estimate of drug-likeness (QED) is 0.383. The molecule has 0 saturated heterocycles. The van der Waals surface area contributed by atoms with Crippen LogP contribution in [-0.4, -0.2) is 38.3 Å². The Kier molecular flexibility index (Phi) is 6.19. The molecule has 1 aromatic heterocycles. The molecular weight excluding hydrogens is 466 g/mol. The maximum atomic E-state index is 13.1. The molecule has 1 amide bonds. The van der Waals surface area contributed by atoms with Crippen molar-refractivity contribution < 1.29 is 13.2 Å². The third kappa shape index (κ3) is 4.34. The first kappa shape index (κ1) is 22.3. The number of para-hydroxylation sites is 2. The van der Waals surface area contributed by atoms with Crippen LogP contribution in [0.25, 0.3) is 10.2 Å². The maximum Gasteiger partial charge on any atom is 0.264 e. The number of benzene rings is 3. The van der Waals surface area contributed by atoms with Crippen molar-refractivity contribution in [2.75, 3.05) is 18.4 Å². The molecule has 164 valence electrons. The van der Waals surface area contributed by atoms with Crippen molar-refractivity contribution in [1.29, 1.82) is 0 Å². The number of hydrogen-bond donors (Lipinski definition) is 0. The van der Waals surface area contributed by atoms with Gasteiger partial charge >= 0.3 is 0 Å². The normalized spacial score (nSPS) is 11.5. The van der Waals surface area contributed by atoms with Crippen LogP contribution in [0, 0.1) is 0 Å². The van der Waals surface area contributed by atoms with Crippen molar-refractivity contribution in [3.8, 4) is 0 Å². The van der Waals surface area contributed by atoms with E-state index in [9.17, 15) is 13.2 Å². The maximum absolute atomic E-state index is 13.1. The van der Waals surface area contributed by atoms with E-state index < -0.39 is 10.0 Å². The van der Waals surface area contributed by atoms with Gasteiger partial charge in [-0.1, -0.05) is 41.9 Å². The number of halogens is 1. The first-order chi connectivity index (χ1) is 15.3. The largest absolute Gasteiger partial charge is 0.335 e. The van der Waals surface area contributed by atoms with Crippen LogP contribution in [0.1, 0.15) is 15.4 Å². The van der Waals surface area contributed by atoms with E-state index in [0.29, 0.717) is 5.69 Å². The van der Waals surface area contributed by atoms with Crippen LogP contribution < -0.4 is 4.31 Å². The lowest BCUT2D eigenvalue weighted by atomic mass is 10.2. The van der Waals surface area contributed by atoms with Crippen molar-refractivity contribution in [2.45, 2.75) is 11.4 Å². The molecule has 0 unspecified atom stereocenters. The zero-order chi connectivity index (χ0) is 22.9. The van der Waals surface area contributed by atoms with E-state index >= 15 is 0 Å². The highest BCUT2D eigenvalue weighted by atomic mass is 35.5. The fourth-order valence-corrected chi connectivity index (χ4v) is 5.67. The van der Waals surface area contributed by atoms with Crippen LogP contribution in [0.4, 0.5) is 5.69 Å². The smallest absolute Gasteiger partial charge is 0.264 e. The fourth-order valence-electron chi connectivity index (χ4n) is 3.23. The van der Waals surface area contributed by atoms with Gasteiger partial charge in [0, 0.05) is 14.1 Å². The molecule has 0 fully saturated rings. The van der Waals surface area contributed by atoms with E-state index in [4.69, 9.17) is 11.6 Å². The summed E-state index contributed by atoms with van der Waals surface area (Å²) in [5, 5.41) is 0.971. The molecular formula is C23H20ClN3O3S2. The Morgan fingerprint density at radius 3 is 2.41 bits per heavy atom. The van der Waals surface area contributed by atoms with Gasteiger partial charge in [-0.05, 0) is 42.5 Å². The minimum Gasteiger partial charge on any atom is -0.335 e. The third-order valence-corrected chi connectivity index (χ3v) is 8.14. The third-order valence-electron chi connectivity index (χ3n) is 5.00. The van der Waals surface area contributed by atoms with Gasteiger partial charge in [-0.2, -0.15) is 0 Å². The number of amides is 1. The molecule has 0 bridgehead atoms. The number of carbonyl (C=O) groups is 1. The van der Waals surface area contributed by atoms with E-state index in [1.165, 1.54) is 45.8 Å². The summed E-state index contributed by atoms with van der Waals surface area (Å²) in [6.45, 7) is 0.287. The molecule has 0 aliphatic heterocycles. The molecule has 0 aliphatic rings. The van der Waals surface area contributed by atoms with Crippen molar-refractivity contribution in [1.82, 2.24) is 9.88 Å². The number of aromatic nitrogens is 1. The molecule has 0 aliphatic carbocycles. The number of thiazole rings is 1. The average Bonchev–Trinajstić information content (AvgIpc) is 3.21. The summed E-state index contributed by atoms with van der Waals surface area (Å²) in [7, 11) is -0.760. The summed E-state index contributed by atoms with van der Waals surface area (Å²) in [4.78, 5) is 19.1. The average molecular weight is 486 g/mol. The number of sulfonamides is 1. The van der Waals surface area contributed by atoms with Crippen molar-refractivity contribution in [3.63, 3.8) is 0 Å². The molecule has 9 heteroatoms. The molecule has 4 aromatic rings. The standard InChI is InChI=1S/C23H20ClN3O3S2/c1-26(15-22-25-20-10-6-7-11-21(20)31-22)23(28)18-14-17(12-13-19(18)24)32(29,30)27(2)16-8-4-3-5-9-16/h3-14H,15H2,1-2H3. The minimum atomic E-state index is -3.87. The molecule has 0 N–H and O–H groups in total. The van der Waals surface area contributed by atoms with Crippen LogP contribution in [0.15, 0.2) is 77.7 Å². The predicted octanol–water partition coefficient (Wildman–Crippen LogP) is 5.05. The Balaban J connectivity index is 1.60. The lowest BCUT2D eigenvalue weighted by molar-refractivity contribution is 0.0785. The monoisotopic (exact) mass is 485 g/mol. The molecule has 3 aromatic carbocycles. The Hall–Kier alpha value is -2.94. The van der Waals surface area contributed by atoms with Gasteiger partial charge in [0.1, 0.15) is 5.01 Å². The highest BCUT2D eigenvalue weighted by Crippen LogP contribution is 2.27. The lowest BCUT2D eigenvalue weighted by Crippen LogP contribution is -2.28. The second-order valence-electron chi connectivity index (χ2n) is 7.19. The number of carbonyl (C=O) groups excluding carboxylic acids is 1. The molecule has 4 rings (SSSR count). The summed E-state index contributed by atoms with van der Waals surface area (Å²) in [5.41, 5.74) is 1.52. The van der Waals surface area contributed by atoms with E-state index in [1.807, 2.05) is 30.3 Å². The summed E-state index contributed by atoms with van der Waals surface area (Å²) in [6.07, 6.45) is 0. The number of nitrogens with zero attached hydrogens (tertiary/aromatic N) is 3. The SMILES string of the molecule is CN(Cc1nc2ccccc2s1)C(=O)c1cc(S(=O)(=O)N(C)c2ccccc2)ccc1Cl. The second kappa shape index (κ2) is 8.90. The van der Waals surface area contributed by atoms with E-state index in [1.54, 1.807) is 31.3 Å². The molecule has 1 heterocycles. The van der Waals surface area contributed by atoms with E-state index in [2.05, 4.69) is 4.98 Å². The Labute approximate surface area is 195 Å². The molecule has 6 nitrogen and oxygen atoms in total. The predicted molar refractivity (Wildman–Crippen MR) is 129 cm³/mol. The summed E-state index contributed by atoms with van der Waals surface area (Å²) in [5.74, 6) is -0.381. The number of fused-ring (bicyclic) bond motifs is 1. The Morgan fingerprint density at radius 1 is 1.00 bits per heavy atom. The highest BCUT2D eigenvalue weighted by molar-refractivity contribution is 7.92. The van der Waals surface area contributed by atoms with Crippen molar-refractivity contribution >= 4 is 54.8 Å². The molecule has 0 spiro atoms. The zero-order valence-corrected chi connectivity index (χ0v) is 19.8. The zero-order valence-electron chi connectivity index (χ0n) is 17.4. The molecule has 0 radical (unpaired) electrons. The Bertz CT molecular complexity index is 1360. The van der Waals surface area contributed by atoms with Gasteiger partial charge in [-0.25, -0.2) is 13.4 Å². The molecule has 0 saturated carbocycles. The van der Waals surface area contributed by atoms with Crippen LogP contribution >= 0.6 is 22.9 Å². The fraction of sp³-hybridized carbons (Fsp3) is 0.130. The summed E-state index contributed by atoms with van der Waals surface area (Å²) in [6, 6.07) is 20.7. The number of hydrogen-bond acceptors (Lipinski definition) is 5. The van der Waals surface area contributed by atoms with Gasteiger partial charge in [0.25, 0.3) is 15.9 Å². The molecule has 0 atom stereocenters. The van der Waals surface area contributed by atoms with Gasteiger partial charge < -0.3 is 4.90 Å². The van der Waals surface area contributed by atoms with Crippen LogP contribution in [-0.2, 0) is 16.6 Å². The second-order valence-corrected chi connectivity index (χ2v) is 10.7. The van der Waals surface area contributed by atoms with Crippen molar-refractivity contribution in [3.05, 3.63) is 88.4 Å². The first-order valence-electron chi connectivity index (χ1n) is 9.71. The number of rotatable bonds is 6. The Morgan fingerprint density at radius 2 is 1.69 bits per heavy atom. The topological polar surface area (TPSA) is 70.6 Å². The highest BCUT2D eigenvalue weighted by Gasteiger charge is 2.25. The first-order valence-corrected chi connectivity index (χ1v) is 12.3. The van der Waals surface area contributed by atoms with Gasteiger partial charge in [0.2, 0.25) is 0 Å². The lowest BCUT2D eigenvalue weighted by Gasteiger charge is -2.21. The van der Waals surface area contributed by atoms with Crippen LogP contribution in [0.5, 0.6) is 0 Å². The van der Waals surface area contributed by atoms with Gasteiger partial charge in [0.05, 0.1) is 37.9 Å².